The van der Waals surface area contributed by atoms with E-state index in [0.717, 1.165) is 66.5 Å². The van der Waals surface area contributed by atoms with Gasteiger partial charge in [-0.25, -0.2) is 9.97 Å². The molecule has 10 aromatic rings. The standard InChI is InChI=1S/C51H33N3/c1-2-11-34(12-3-1)35-21-27-39(28-22-35)51-53-49(46-20-10-15-36-13-4-6-16-41(36)46)31-50(54-51)47-30-29-43(44-18-8-9-19-45(44)47)37-23-25-38(26-24-37)48-33-52-32-40-14-5-7-17-42(40)48/h1-33H. The van der Waals surface area contributed by atoms with Crippen LogP contribution in [0.1, 0.15) is 0 Å². The molecule has 3 heteroatoms. The van der Waals surface area contributed by atoms with Gasteiger partial charge < -0.3 is 0 Å². The van der Waals surface area contributed by atoms with Gasteiger partial charge >= 0.3 is 0 Å². The van der Waals surface area contributed by atoms with Crippen LogP contribution >= 0.6 is 0 Å². The van der Waals surface area contributed by atoms with E-state index in [1.54, 1.807) is 0 Å². The third-order valence-electron chi connectivity index (χ3n) is 10.4. The maximum Gasteiger partial charge on any atom is 0.160 e. The average molecular weight is 688 g/mol. The number of hydrogen-bond acceptors (Lipinski definition) is 3. The lowest BCUT2D eigenvalue weighted by molar-refractivity contribution is 1.19. The summed E-state index contributed by atoms with van der Waals surface area (Å²) >= 11 is 0. The molecule has 0 aliphatic heterocycles. The molecule has 0 N–H and O–H groups in total. The maximum absolute atomic E-state index is 5.29. The molecular formula is C51H33N3. The first-order valence-corrected chi connectivity index (χ1v) is 18.3. The predicted octanol–water partition coefficient (Wildman–Crippen LogP) is 13.3. The van der Waals surface area contributed by atoms with Gasteiger partial charge in [-0.2, -0.15) is 0 Å². The van der Waals surface area contributed by atoms with E-state index in [1.807, 2.05) is 18.5 Å². The van der Waals surface area contributed by atoms with Crippen LogP contribution in [0.15, 0.2) is 200 Å². The zero-order chi connectivity index (χ0) is 35.8. The van der Waals surface area contributed by atoms with Gasteiger partial charge in [0.05, 0.1) is 11.4 Å². The Labute approximate surface area is 313 Å². The lowest BCUT2D eigenvalue weighted by atomic mass is 9.92. The Hall–Kier alpha value is -7.23. The Morgan fingerprint density at radius 2 is 0.759 bits per heavy atom. The second-order valence-corrected chi connectivity index (χ2v) is 13.6. The van der Waals surface area contributed by atoms with Crippen molar-refractivity contribution in [2.75, 3.05) is 0 Å². The molecule has 0 atom stereocenters. The minimum absolute atomic E-state index is 0.696. The van der Waals surface area contributed by atoms with Crippen LogP contribution in [0.25, 0.3) is 99.6 Å². The molecule has 10 rings (SSSR count). The van der Waals surface area contributed by atoms with Crippen molar-refractivity contribution in [3.8, 4) is 67.3 Å². The van der Waals surface area contributed by atoms with E-state index in [1.165, 1.54) is 27.3 Å². The lowest BCUT2D eigenvalue weighted by Crippen LogP contribution is -1.97. The van der Waals surface area contributed by atoms with Crippen LogP contribution in [0, 0.1) is 0 Å². The van der Waals surface area contributed by atoms with E-state index in [9.17, 15) is 0 Å². The molecule has 0 bridgehead atoms. The highest BCUT2D eigenvalue weighted by Gasteiger charge is 2.16. The molecule has 8 aromatic carbocycles. The molecule has 0 spiro atoms. The number of hydrogen-bond donors (Lipinski definition) is 0. The Kier molecular flexibility index (Phi) is 7.81. The van der Waals surface area contributed by atoms with Crippen molar-refractivity contribution in [2.45, 2.75) is 0 Å². The molecule has 0 saturated heterocycles. The van der Waals surface area contributed by atoms with Crippen molar-refractivity contribution < 1.29 is 0 Å². The highest BCUT2D eigenvalue weighted by Crippen LogP contribution is 2.39. The molecule has 252 valence electrons. The topological polar surface area (TPSA) is 38.7 Å². The van der Waals surface area contributed by atoms with Gasteiger partial charge in [-0.15, -0.1) is 0 Å². The van der Waals surface area contributed by atoms with Crippen LogP contribution < -0.4 is 0 Å². The van der Waals surface area contributed by atoms with Crippen LogP contribution in [-0.2, 0) is 0 Å². The molecule has 0 aliphatic rings. The van der Waals surface area contributed by atoms with Crippen LogP contribution in [0.4, 0.5) is 0 Å². The van der Waals surface area contributed by atoms with E-state index in [-0.39, 0.29) is 0 Å². The minimum Gasteiger partial charge on any atom is -0.263 e. The molecule has 0 unspecified atom stereocenters. The van der Waals surface area contributed by atoms with E-state index >= 15 is 0 Å². The summed E-state index contributed by atoms with van der Waals surface area (Å²) in [7, 11) is 0. The number of fused-ring (bicyclic) bond motifs is 3. The van der Waals surface area contributed by atoms with Crippen molar-refractivity contribution in [3.63, 3.8) is 0 Å². The number of pyridine rings is 1. The summed E-state index contributed by atoms with van der Waals surface area (Å²) < 4.78 is 0. The number of benzene rings is 8. The van der Waals surface area contributed by atoms with Crippen molar-refractivity contribution in [1.82, 2.24) is 15.0 Å². The zero-order valence-electron chi connectivity index (χ0n) is 29.4. The predicted molar refractivity (Wildman–Crippen MR) is 225 cm³/mol. The second-order valence-electron chi connectivity index (χ2n) is 13.6. The van der Waals surface area contributed by atoms with Crippen LogP contribution in [-0.4, -0.2) is 15.0 Å². The average Bonchev–Trinajstić information content (AvgIpc) is 3.26. The molecule has 0 aliphatic carbocycles. The monoisotopic (exact) mass is 687 g/mol. The molecule has 0 amide bonds. The Morgan fingerprint density at radius 3 is 1.48 bits per heavy atom. The zero-order valence-corrected chi connectivity index (χ0v) is 29.4. The van der Waals surface area contributed by atoms with Gasteiger partial charge in [-0.3, -0.25) is 4.98 Å². The Morgan fingerprint density at radius 1 is 0.278 bits per heavy atom. The quantitative estimate of drug-likeness (QED) is 0.175. The summed E-state index contributed by atoms with van der Waals surface area (Å²) in [5, 5.41) is 7.01. The first kappa shape index (κ1) is 31.5. The van der Waals surface area contributed by atoms with Gasteiger partial charge in [-0.05, 0) is 60.8 Å². The minimum atomic E-state index is 0.696. The van der Waals surface area contributed by atoms with Gasteiger partial charge in [0.1, 0.15) is 0 Å². The third-order valence-corrected chi connectivity index (χ3v) is 10.4. The number of nitrogens with zero attached hydrogens (tertiary/aromatic N) is 3. The van der Waals surface area contributed by atoms with E-state index in [4.69, 9.17) is 9.97 Å². The first-order chi connectivity index (χ1) is 26.8. The van der Waals surface area contributed by atoms with Crippen LogP contribution in [0.3, 0.4) is 0 Å². The molecular weight excluding hydrogens is 655 g/mol. The molecule has 2 heterocycles. The summed E-state index contributed by atoms with van der Waals surface area (Å²) in [5.74, 6) is 0.696. The fourth-order valence-corrected chi connectivity index (χ4v) is 7.69. The molecule has 0 fully saturated rings. The smallest absolute Gasteiger partial charge is 0.160 e. The summed E-state index contributed by atoms with van der Waals surface area (Å²) in [6.45, 7) is 0. The highest BCUT2D eigenvalue weighted by atomic mass is 14.9. The SMILES string of the molecule is c1ccc(-c2ccc(-c3nc(-c4cccc5ccccc45)cc(-c4ccc(-c5ccc(-c6cncc7ccccc67)cc5)c5ccccc45)n3)cc2)cc1. The number of rotatable bonds is 6. The fraction of sp³-hybridized carbons (Fsp3) is 0. The van der Waals surface area contributed by atoms with Crippen molar-refractivity contribution in [2.24, 2.45) is 0 Å². The van der Waals surface area contributed by atoms with Gasteiger partial charge in [0.15, 0.2) is 5.82 Å². The molecule has 0 saturated carbocycles. The maximum atomic E-state index is 5.29. The Balaban J connectivity index is 1.10. The second kappa shape index (κ2) is 13.4. The highest BCUT2D eigenvalue weighted by molar-refractivity contribution is 6.05. The van der Waals surface area contributed by atoms with Gasteiger partial charge in [0.2, 0.25) is 0 Å². The summed E-state index contributed by atoms with van der Waals surface area (Å²) in [6.07, 6.45) is 3.88. The molecule has 2 aromatic heterocycles. The van der Waals surface area contributed by atoms with E-state index in [0.29, 0.717) is 5.82 Å². The van der Waals surface area contributed by atoms with Crippen molar-refractivity contribution >= 4 is 32.3 Å². The van der Waals surface area contributed by atoms with E-state index in [2.05, 4.69) is 187 Å². The Bertz CT molecular complexity index is 2960. The normalized spacial score (nSPS) is 11.3. The van der Waals surface area contributed by atoms with Crippen LogP contribution in [0.5, 0.6) is 0 Å². The van der Waals surface area contributed by atoms with Gasteiger partial charge in [-0.1, -0.05) is 182 Å². The first-order valence-electron chi connectivity index (χ1n) is 18.3. The van der Waals surface area contributed by atoms with Gasteiger partial charge in [0.25, 0.3) is 0 Å². The van der Waals surface area contributed by atoms with E-state index < -0.39 is 0 Å². The lowest BCUT2D eigenvalue weighted by Gasteiger charge is -2.15. The number of aromatic nitrogens is 3. The largest absolute Gasteiger partial charge is 0.263 e. The molecule has 0 radical (unpaired) electrons. The van der Waals surface area contributed by atoms with Crippen molar-refractivity contribution in [1.29, 1.82) is 0 Å². The van der Waals surface area contributed by atoms with Crippen LogP contribution in [0.2, 0.25) is 0 Å². The summed E-state index contributed by atoms with van der Waals surface area (Å²) in [6, 6.07) is 66.5. The van der Waals surface area contributed by atoms with Crippen molar-refractivity contribution in [3.05, 3.63) is 200 Å². The molecule has 3 nitrogen and oxygen atoms in total. The van der Waals surface area contributed by atoms with Gasteiger partial charge in [0, 0.05) is 40.0 Å². The summed E-state index contributed by atoms with van der Waals surface area (Å²) in [5.41, 5.74) is 11.9. The fourth-order valence-electron chi connectivity index (χ4n) is 7.69. The summed E-state index contributed by atoms with van der Waals surface area (Å²) in [4.78, 5) is 15.0. The third kappa shape index (κ3) is 5.69. The molecule has 54 heavy (non-hydrogen) atoms.